The zero-order chi connectivity index (χ0) is 16.2. The third-order valence-electron chi connectivity index (χ3n) is 2.80. The van der Waals surface area contributed by atoms with E-state index in [4.69, 9.17) is 0 Å². The van der Waals surface area contributed by atoms with Gasteiger partial charge >= 0.3 is 0 Å². The molecular weight excluding hydrogens is 358 g/mol. The summed E-state index contributed by atoms with van der Waals surface area (Å²) >= 11 is 3.35. The fourth-order valence-electron chi connectivity index (χ4n) is 1.81. The largest absolute Gasteiger partial charge is 0.321 e. The Morgan fingerprint density at radius 3 is 2.65 bits per heavy atom. The van der Waals surface area contributed by atoms with Crippen molar-refractivity contribution in [2.75, 3.05) is 5.32 Å². The third-order valence-corrected chi connectivity index (χ3v) is 5.56. The van der Waals surface area contributed by atoms with E-state index >= 15 is 0 Å². The van der Waals surface area contributed by atoms with E-state index in [0.717, 1.165) is 9.88 Å². The van der Waals surface area contributed by atoms with Crippen LogP contribution in [-0.4, -0.2) is 16.6 Å². The molecule has 0 saturated heterocycles. The van der Waals surface area contributed by atoms with Crippen LogP contribution >= 0.6 is 34.4 Å². The van der Waals surface area contributed by atoms with Crippen LogP contribution in [0.5, 0.6) is 0 Å². The second-order valence-electron chi connectivity index (χ2n) is 4.36. The number of carbonyl (C=O) groups is 1. The molecule has 0 radical (unpaired) electrons. The summed E-state index contributed by atoms with van der Waals surface area (Å²) in [4.78, 5) is 18.4. The van der Waals surface area contributed by atoms with E-state index in [0.29, 0.717) is 27.2 Å². The summed E-state index contributed by atoms with van der Waals surface area (Å²) in [5, 5.41) is 5.49. The maximum Gasteiger partial charge on any atom is 0.288 e. The van der Waals surface area contributed by atoms with Gasteiger partial charge < -0.3 is 5.32 Å². The zero-order valence-electron chi connectivity index (χ0n) is 11.5. The van der Waals surface area contributed by atoms with Gasteiger partial charge in [0.25, 0.3) is 11.7 Å². The molecule has 0 bridgehead atoms. The highest BCUT2D eigenvalue weighted by molar-refractivity contribution is 7.99. The Morgan fingerprint density at radius 1 is 1.22 bits per heavy atom. The number of hydrogen-bond donors (Lipinski definition) is 1. The van der Waals surface area contributed by atoms with Crippen molar-refractivity contribution in [1.82, 2.24) is 4.98 Å². The van der Waals surface area contributed by atoms with Crippen LogP contribution in [-0.2, 0) is 0 Å². The summed E-state index contributed by atoms with van der Waals surface area (Å²) in [6.07, 6.45) is 1.54. The van der Waals surface area contributed by atoms with E-state index in [-0.39, 0.29) is 5.91 Å². The van der Waals surface area contributed by atoms with E-state index in [1.165, 1.54) is 17.5 Å². The number of nitrogens with one attached hydrogen (secondary N) is 1. The van der Waals surface area contributed by atoms with Crippen LogP contribution in [0, 0.1) is 0 Å². The maximum absolute atomic E-state index is 12.3. The quantitative estimate of drug-likeness (QED) is 0.610. The van der Waals surface area contributed by atoms with Crippen LogP contribution in [0.1, 0.15) is 9.67 Å². The molecule has 0 spiro atoms. The summed E-state index contributed by atoms with van der Waals surface area (Å²) in [6, 6.07) is 10.2. The number of hydrogen-bond acceptors (Lipinski definition) is 5. The standard InChI is InChI=1S/C15H10F2N2OS3/c16-15(17)22-10-5-3-9(4-6-10)19-13(20)12-8-18-14(23-12)11-2-1-7-21-11/h1-8,15H,(H,19,20). The molecule has 0 unspecified atom stereocenters. The van der Waals surface area contributed by atoms with Crippen LogP contribution in [0.2, 0.25) is 0 Å². The number of thiazole rings is 1. The second kappa shape index (κ2) is 7.20. The van der Waals surface area contributed by atoms with Crippen LogP contribution in [0.3, 0.4) is 0 Å². The Hall–Kier alpha value is -1.77. The van der Waals surface area contributed by atoms with E-state index in [9.17, 15) is 13.6 Å². The molecule has 1 N–H and O–H groups in total. The lowest BCUT2D eigenvalue weighted by Crippen LogP contribution is -2.09. The first-order valence-corrected chi connectivity index (χ1v) is 9.05. The Kier molecular flexibility index (Phi) is 5.04. The van der Waals surface area contributed by atoms with Crippen LogP contribution in [0.4, 0.5) is 14.5 Å². The summed E-state index contributed by atoms with van der Waals surface area (Å²) in [7, 11) is 0. The number of thioether (sulfide) groups is 1. The minimum Gasteiger partial charge on any atom is -0.321 e. The lowest BCUT2D eigenvalue weighted by Gasteiger charge is -2.04. The predicted molar refractivity (Wildman–Crippen MR) is 91.7 cm³/mol. The van der Waals surface area contributed by atoms with E-state index in [2.05, 4.69) is 10.3 Å². The summed E-state index contributed by atoms with van der Waals surface area (Å²) in [5.74, 6) is -2.72. The molecule has 2 aromatic heterocycles. The van der Waals surface area contributed by atoms with Crippen molar-refractivity contribution in [2.45, 2.75) is 10.7 Å². The van der Waals surface area contributed by atoms with E-state index < -0.39 is 5.76 Å². The molecule has 118 valence electrons. The van der Waals surface area contributed by atoms with E-state index in [1.807, 2.05) is 17.5 Å². The number of benzene rings is 1. The van der Waals surface area contributed by atoms with Crippen molar-refractivity contribution in [2.24, 2.45) is 0 Å². The molecule has 0 aliphatic carbocycles. The highest BCUT2D eigenvalue weighted by Crippen LogP contribution is 2.30. The van der Waals surface area contributed by atoms with Gasteiger partial charge in [-0.05, 0) is 35.7 Å². The molecule has 0 aliphatic rings. The molecule has 3 nitrogen and oxygen atoms in total. The summed E-state index contributed by atoms with van der Waals surface area (Å²) in [6.45, 7) is 0. The van der Waals surface area contributed by atoms with E-state index in [1.54, 1.807) is 35.6 Å². The molecule has 0 atom stereocenters. The van der Waals surface area contributed by atoms with Gasteiger partial charge in [-0.25, -0.2) is 4.98 Å². The Balaban J connectivity index is 1.67. The number of halogens is 2. The van der Waals surface area contributed by atoms with Crippen LogP contribution in [0.25, 0.3) is 9.88 Å². The molecule has 8 heteroatoms. The van der Waals surface area contributed by atoms with Gasteiger partial charge in [-0.2, -0.15) is 8.78 Å². The third kappa shape index (κ3) is 4.15. The second-order valence-corrected chi connectivity index (χ2v) is 7.41. The molecule has 1 amide bonds. The highest BCUT2D eigenvalue weighted by Gasteiger charge is 2.13. The number of amides is 1. The average Bonchev–Trinajstić information content (AvgIpc) is 3.19. The number of anilines is 1. The van der Waals surface area contributed by atoms with Crippen LogP contribution in [0.15, 0.2) is 52.9 Å². The first-order valence-electron chi connectivity index (χ1n) is 6.48. The van der Waals surface area contributed by atoms with Gasteiger partial charge in [-0.3, -0.25) is 4.79 Å². The molecule has 0 saturated carbocycles. The van der Waals surface area contributed by atoms with Gasteiger partial charge in [-0.1, -0.05) is 17.8 Å². The molecular formula is C15H10F2N2OS3. The Morgan fingerprint density at radius 2 is 2.00 bits per heavy atom. The predicted octanol–water partition coefficient (Wildman–Crippen LogP) is 5.44. The van der Waals surface area contributed by atoms with Crippen molar-refractivity contribution >= 4 is 46.0 Å². The molecule has 3 rings (SSSR count). The first kappa shape index (κ1) is 16.1. The van der Waals surface area contributed by atoms with Gasteiger partial charge in [0.1, 0.15) is 9.88 Å². The number of carbonyl (C=O) groups excluding carboxylic acids is 1. The molecule has 0 aliphatic heterocycles. The fourth-order valence-corrected chi connectivity index (χ4v) is 3.92. The Labute approximate surface area is 143 Å². The van der Waals surface area contributed by atoms with Gasteiger partial charge in [0.15, 0.2) is 0 Å². The fraction of sp³-hybridized carbons (Fsp3) is 0.0667. The number of rotatable bonds is 5. The first-order chi connectivity index (χ1) is 11.1. The van der Waals surface area contributed by atoms with Crippen molar-refractivity contribution in [3.8, 4) is 9.88 Å². The topological polar surface area (TPSA) is 42.0 Å². The summed E-state index contributed by atoms with van der Waals surface area (Å²) in [5.41, 5.74) is 0.555. The number of nitrogens with zero attached hydrogens (tertiary/aromatic N) is 1. The van der Waals surface area contributed by atoms with Gasteiger partial charge in [-0.15, -0.1) is 22.7 Å². The van der Waals surface area contributed by atoms with Crippen LogP contribution < -0.4 is 5.32 Å². The molecule has 1 aromatic carbocycles. The molecule has 23 heavy (non-hydrogen) atoms. The van der Waals surface area contributed by atoms with Crippen molar-refractivity contribution in [3.05, 3.63) is 52.9 Å². The average molecular weight is 368 g/mol. The minimum absolute atomic E-state index is 0.264. The summed E-state index contributed by atoms with van der Waals surface area (Å²) < 4.78 is 24.5. The lowest BCUT2D eigenvalue weighted by atomic mass is 10.3. The zero-order valence-corrected chi connectivity index (χ0v) is 14.0. The smallest absolute Gasteiger partial charge is 0.288 e. The number of alkyl halides is 2. The lowest BCUT2D eigenvalue weighted by molar-refractivity contribution is 0.103. The Bertz CT molecular complexity index is 785. The van der Waals surface area contributed by atoms with Crippen molar-refractivity contribution in [1.29, 1.82) is 0 Å². The SMILES string of the molecule is O=C(Nc1ccc(SC(F)F)cc1)c1cnc(-c2cccs2)s1. The van der Waals surface area contributed by atoms with Gasteiger partial charge in [0.2, 0.25) is 0 Å². The monoisotopic (exact) mass is 368 g/mol. The van der Waals surface area contributed by atoms with Gasteiger partial charge in [0.05, 0.1) is 11.1 Å². The molecule has 2 heterocycles. The highest BCUT2D eigenvalue weighted by atomic mass is 32.2. The van der Waals surface area contributed by atoms with Crippen molar-refractivity contribution in [3.63, 3.8) is 0 Å². The van der Waals surface area contributed by atoms with Crippen molar-refractivity contribution < 1.29 is 13.6 Å². The normalized spacial score (nSPS) is 10.9. The maximum atomic E-state index is 12.3. The molecule has 3 aromatic rings. The minimum atomic E-state index is -2.46. The number of thiophene rings is 1. The number of aromatic nitrogens is 1. The van der Waals surface area contributed by atoms with Gasteiger partial charge in [0, 0.05) is 10.6 Å². The molecule has 0 fully saturated rings.